The third-order valence-corrected chi connectivity index (χ3v) is 15.3. The lowest BCUT2D eigenvalue weighted by atomic mass is 9.82. The SMILES string of the molecule is CCC1C(CC)C(CC)C([Si](OC)(OC)C2C(CC)C(CC)C(CC)C2CC)C1CC. The summed E-state index contributed by atoms with van der Waals surface area (Å²) in [6.07, 6.45) is 10.4. The number of hydrogen-bond donors (Lipinski definition) is 0. The summed E-state index contributed by atoms with van der Waals surface area (Å²) in [5.41, 5.74) is 1.29. The summed E-state index contributed by atoms with van der Waals surface area (Å²) in [7, 11) is 1.63. The van der Waals surface area contributed by atoms with Gasteiger partial charge >= 0.3 is 8.56 Å². The van der Waals surface area contributed by atoms with E-state index < -0.39 is 8.56 Å². The summed E-state index contributed by atoms with van der Waals surface area (Å²) in [5, 5.41) is 0. The molecule has 0 bridgehead atoms. The van der Waals surface area contributed by atoms with E-state index in [-0.39, 0.29) is 0 Å². The van der Waals surface area contributed by atoms with Gasteiger partial charge in [0.05, 0.1) is 0 Å². The molecule has 2 nitrogen and oxygen atoms in total. The summed E-state index contributed by atoms with van der Waals surface area (Å²) in [5.74, 6) is 6.43. The quantitative estimate of drug-likeness (QED) is 0.276. The maximum atomic E-state index is 6.87. The van der Waals surface area contributed by atoms with Gasteiger partial charge in [-0.1, -0.05) is 107 Å². The standard InChI is InChI=1S/C28H56O2Si/c1-11-19-20(12-2)24(16-6)27(23(19)15-5)31(29-9,30-10)28-25(17-7)21(13-3)22(14-4)26(28)18-8/h19-28H,11-18H2,1-10H3. The molecule has 8 unspecified atom stereocenters. The molecule has 0 spiro atoms. The van der Waals surface area contributed by atoms with Crippen LogP contribution in [-0.4, -0.2) is 22.8 Å². The lowest BCUT2D eigenvalue weighted by molar-refractivity contribution is 0.165. The first-order chi connectivity index (χ1) is 15.0. The second kappa shape index (κ2) is 12.0. The molecule has 0 radical (unpaired) electrons. The minimum atomic E-state index is -2.45. The maximum absolute atomic E-state index is 6.87. The Morgan fingerprint density at radius 1 is 0.387 bits per heavy atom. The fraction of sp³-hybridized carbons (Fsp3) is 1.00. The summed E-state index contributed by atoms with van der Waals surface area (Å²) >= 11 is 0. The number of hydrogen-bond acceptors (Lipinski definition) is 2. The molecule has 31 heavy (non-hydrogen) atoms. The molecule has 0 amide bonds. The van der Waals surface area contributed by atoms with Crippen molar-refractivity contribution in [3.63, 3.8) is 0 Å². The van der Waals surface area contributed by atoms with Gasteiger partial charge in [0, 0.05) is 25.3 Å². The largest absolute Gasteiger partial charge is 0.397 e. The molecule has 2 fully saturated rings. The van der Waals surface area contributed by atoms with Crippen LogP contribution in [0.5, 0.6) is 0 Å². The van der Waals surface area contributed by atoms with Crippen molar-refractivity contribution >= 4 is 8.56 Å². The van der Waals surface area contributed by atoms with E-state index in [1.165, 1.54) is 51.4 Å². The molecule has 0 aromatic carbocycles. The Labute approximate surface area is 196 Å². The van der Waals surface area contributed by atoms with Crippen molar-refractivity contribution in [2.24, 2.45) is 47.3 Å². The molecule has 0 aromatic rings. The highest BCUT2D eigenvalue weighted by molar-refractivity contribution is 6.71. The van der Waals surface area contributed by atoms with E-state index >= 15 is 0 Å². The van der Waals surface area contributed by atoms with Crippen LogP contribution in [0.25, 0.3) is 0 Å². The van der Waals surface area contributed by atoms with Gasteiger partial charge in [0.25, 0.3) is 0 Å². The molecule has 0 N–H and O–H groups in total. The van der Waals surface area contributed by atoms with Gasteiger partial charge in [0.2, 0.25) is 0 Å². The molecule has 2 aliphatic carbocycles. The lowest BCUT2D eigenvalue weighted by Crippen LogP contribution is -2.55. The Morgan fingerprint density at radius 2 is 0.581 bits per heavy atom. The van der Waals surface area contributed by atoms with E-state index in [1.54, 1.807) is 0 Å². The molecule has 2 saturated carbocycles. The molecule has 184 valence electrons. The van der Waals surface area contributed by atoms with Crippen molar-refractivity contribution in [3.8, 4) is 0 Å². The smallest absolute Gasteiger partial charge is 0.345 e. The average Bonchev–Trinajstić information content (AvgIpc) is 3.31. The monoisotopic (exact) mass is 452 g/mol. The van der Waals surface area contributed by atoms with E-state index in [2.05, 4.69) is 55.4 Å². The molecule has 0 aliphatic heterocycles. The van der Waals surface area contributed by atoms with E-state index in [4.69, 9.17) is 8.85 Å². The Balaban J connectivity index is 2.69. The van der Waals surface area contributed by atoms with Crippen molar-refractivity contribution < 1.29 is 8.85 Å². The second-order valence-electron chi connectivity index (χ2n) is 10.8. The van der Waals surface area contributed by atoms with Crippen LogP contribution >= 0.6 is 0 Å². The Bertz CT molecular complexity index is 441. The Morgan fingerprint density at radius 3 is 0.710 bits per heavy atom. The third-order valence-electron chi connectivity index (χ3n) is 10.5. The topological polar surface area (TPSA) is 18.5 Å². The molecule has 0 saturated heterocycles. The maximum Gasteiger partial charge on any atom is 0.345 e. The molecule has 8 atom stereocenters. The normalized spacial score (nSPS) is 41.2. The fourth-order valence-corrected chi connectivity index (χ4v) is 15.7. The van der Waals surface area contributed by atoms with Crippen molar-refractivity contribution in [3.05, 3.63) is 0 Å². The number of rotatable bonds is 12. The predicted octanol–water partition coefficient (Wildman–Crippen LogP) is 8.70. The molecular formula is C28H56O2Si. The minimum absolute atomic E-state index is 0.647. The van der Waals surface area contributed by atoms with E-state index in [0.717, 1.165) is 47.3 Å². The zero-order valence-electron chi connectivity index (χ0n) is 22.7. The van der Waals surface area contributed by atoms with Crippen LogP contribution in [0, 0.1) is 47.3 Å². The van der Waals surface area contributed by atoms with Crippen LogP contribution in [0.1, 0.15) is 107 Å². The average molecular weight is 453 g/mol. The Hall–Kier alpha value is 0.137. The molecular weight excluding hydrogens is 396 g/mol. The first-order valence-electron chi connectivity index (χ1n) is 14.1. The summed E-state index contributed by atoms with van der Waals surface area (Å²) in [4.78, 5) is 0. The summed E-state index contributed by atoms with van der Waals surface area (Å²) in [6.45, 7) is 19.5. The van der Waals surface area contributed by atoms with Gasteiger partial charge in [-0.2, -0.15) is 0 Å². The van der Waals surface area contributed by atoms with Crippen molar-refractivity contribution in [1.29, 1.82) is 0 Å². The molecule has 2 aliphatic rings. The van der Waals surface area contributed by atoms with Crippen LogP contribution in [0.3, 0.4) is 0 Å². The van der Waals surface area contributed by atoms with Crippen LogP contribution in [0.4, 0.5) is 0 Å². The van der Waals surface area contributed by atoms with E-state index in [9.17, 15) is 0 Å². The highest BCUT2D eigenvalue weighted by atomic mass is 28.4. The van der Waals surface area contributed by atoms with Crippen molar-refractivity contribution in [1.82, 2.24) is 0 Å². The first kappa shape index (κ1) is 27.4. The van der Waals surface area contributed by atoms with Gasteiger partial charge in [0.1, 0.15) is 0 Å². The zero-order chi connectivity index (χ0) is 23.3. The van der Waals surface area contributed by atoms with Gasteiger partial charge in [-0.05, 0) is 47.3 Å². The van der Waals surface area contributed by atoms with Gasteiger partial charge in [0.15, 0.2) is 0 Å². The highest BCUT2D eigenvalue weighted by Crippen LogP contribution is 2.67. The van der Waals surface area contributed by atoms with E-state index in [0.29, 0.717) is 11.1 Å². The van der Waals surface area contributed by atoms with Crippen LogP contribution in [-0.2, 0) is 8.85 Å². The van der Waals surface area contributed by atoms with E-state index in [1.807, 2.05) is 14.2 Å². The summed E-state index contributed by atoms with van der Waals surface area (Å²) < 4.78 is 13.7. The van der Waals surface area contributed by atoms with Crippen LogP contribution < -0.4 is 0 Å². The fourth-order valence-electron chi connectivity index (χ4n) is 9.66. The van der Waals surface area contributed by atoms with Gasteiger partial charge in [-0.15, -0.1) is 0 Å². The zero-order valence-corrected chi connectivity index (χ0v) is 23.7. The molecule has 2 rings (SSSR count). The predicted molar refractivity (Wildman–Crippen MR) is 138 cm³/mol. The third kappa shape index (κ3) is 4.34. The van der Waals surface area contributed by atoms with Crippen molar-refractivity contribution in [2.45, 2.75) is 118 Å². The van der Waals surface area contributed by atoms with Crippen molar-refractivity contribution in [2.75, 3.05) is 14.2 Å². The van der Waals surface area contributed by atoms with Gasteiger partial charge in [-0.3, -0.25) is 0 Å². The second-order valence-corrected chi connectivity index (χ2v) is 14.4. The minimum Gasteiger partial charge on any atom is -0.397 e. The molecule has 3 heteroatoms. The highest BCUT2D eigenvalue weighted by Gasteiger charge is 2.67. The van der Waals surface area contributed by atoms with Gasteiger partial charge < -0.3 is 8.85 Å². The molecule has 0 aromatic heterocycles. The summed E-state index contributed by atoms with van der Waals surface area (Å²) in [6, 6.07) is 0. The van der Waals surface area contributed by atoms with Crippen LogP contribution in [0.15, 0.2) is 0 Å². The van der Waals surface area contributed by atoms with Gasteiger partial charge in [-0.25, -0.2) is 0 Å². The molecule has 0 heterocycles. The Kier molecular flexibility index (Phi) is 10.6. The lowest BCUT2D eigenvalue weighted by Gasteiger charge is -2.47. The van der Waals surface area contributed by atoms with Crippen LogP contribution in [0.2, 0.25) is 11.1 Å². The first-order valence-corrected chi connectivity index (χ1v) is 16.0.